The second kappa shape index (κ2) is 10.2. The number of amides is 1. The van der Waals surface area contributed by atoms with E-state index >= 15 is 0 Å². The Bertz CT molecular complexity index is 951. The second-order valence-electron chi connectivity index (χ2n) is 8.83. The van der Waals surface area contributed by atoms with Gasteiger partial charge < -0.3 is 15.4 Å². The molecule has 6 heteroatoms. The summed E-state index contributed by atoms with van der Waals surface area (Å²) < 4.78 is 5.91. The number of likely N-dealkylation sites (tertiary alicyclic amines) is 1. The molecule has 6 nitrogen and oxygen atoms in total. The normalized spacial score (nSPS) is 14.9. The second-order valence-corrected chi connectivity index (χ2v) is 8.83. The summed E-state index contributed by atoms with van der Waals surface area (Å²) in [5.74, 6) is 0.693. The summed E-state index contributed by atoms with van der Waals surface area (Å²) in [5, 5.41) is 0. The molecule has 0 aliphatic carbocycles. The van der Waals surface area contributed by atoms with E-state index in [1.165, 1.54) is 0 Å². The molecule has 0 bridgehead atoms. The standard InChI is InChI=1S/C26H35N3O3/c1-17-18(2)20(4)26(25(27)19(17)3)32-16-24(31)28(5)22-11-13-29(14-12-22)15-23(30)21-9-7-6-8-10-21/h6-10,22H,11-16,27H2,1-5H3. The number of anilines is 1. The van der Waals surface area contributed by atoms with Crippen molar-refractivity contribution in [2.75, 3.05) is 39.0 Å². The first-order valence-electron chi connectivity index (χ1n) is 11.3. The zero-order valence-electron chi connectivity index (χ0n) is 19.9. The largest absolute Gasteiger partial charge is 0.481 e. The first-order chi connectivity index (χ1) is 15.2. The summed E-state index contributed by atoms with van der Waals surface area (Å²) in [7, 11) is 1.84. The Morgan fingerprint density at radius 1 is 1.00 bits per heavy atom. The van der Waals surface area contributed by atoms with Gasteiger partial charge in [-0.1, -0.05) is 30.3 Å². The Balaban J connectivity index is 1.52. The van der Waals surface area contributed by atoms with Crippen LogP contribution in [0.4, 0.5) is 5.69 Å². The van der Waals surface area contributed by atoms with Gasteiger partial charge in [-0.3, -0.25) is 14.5 Å². The molecule has 0 saturated carbocycles. The molecule has 32 heavy (non-hydrogen) atoms. The highest BCUT2D eigenvalue weighted by molar-refractivity contribution is 5.97. The van der Waals surface area contributed by atoms with Crippen LogP contribution >= 0.6 is 0 Å². The van der Waals surface area contributed by atoms with Crippen LogP contribution in [0.5, 0.6) is 5.75 Å². The van der Waals surface area contributed by atoms with E-state index in [4.69, 9.17) is 10.5 Å². The Morgan fingerprint density at radius 2 is 1.59 bits per heavy atom. The maximum atomic E-state index is 12.8. The highest BCUT2D eigenvalue weighted by Crippen LogP contribution is 2.35. The van der Waals surface area contributed by atoms with E-state index in [0.29, 0.717) is 18.0 Å². The van der Waals surface area contributed by atoms with Crippen LogP contribution in [0.25, 0.3) is 0 Å². The maximum absolute atomic E-state index is 12.8. The number of ketones is 1. The number of carbonyl (C=O) groups excluding carboxylic acids is 2. The highest BCUT2D eigenvalue weighted by atomic mass is 16.5. The molecule has 1 fully saturated rings. The van der Waals surface area contributed by atoms with Crippen molar-refractivity contribution in [1.29, 1.82) is 0 Å². The van der Waals surface area contributed by atoms with Crippen LogP contribution in [0.1, 0.15) is 45.5 Å². The summed E-state index contributed by atoms with van der Waals surface area (Å²) in [6.45, 7) is 10.0. The molecule has 0 atom stereocenters. The van der Waals surface area contributed by atoms with E-state index in [0.717, 1.165) is 53.7 Å². The van der Waals surface area contributed by atoms with Gasteiger partial charge in [0.2, 0.25) is 0 Å². The van der Waals surface area contributed by atoms with Crippen LogP contribution in [0.3, 0.4) is 0 Å². The number of nitrogens with zero attached hydrogens (tertiary/aromatic N) is 2. The van der Waals surface area contributed by atoms with Gasteiger partial charge in [0, 0.05) is 31.7 Å². The number of benzene rings is 2. The molecular formula is C26H35N3O3. The van der Waals surface area contributed by atoms with E-state index in [2.05, 4.69) is 11.8 Å². The molecule has 1 aliphatic heterocycles. The molecule has 1 aliphatic rings. The number of likely N-dealkylation sites (N-methyl/N-ethyl adjacent to an activating group) is 1. The van der Waals surface area contributed by atoms with Crippen molar-refractivity contribution in [3.8, 4) is 5.75 Å². The van der Waals surface area contributed by atoms with Crippen molar-refractivity contribution in [1.82, 2.24) is 9.80 Å². The average molecular weight is 438 g/mol. The molecule has 2 aromatic carbocycles. The molecule has 1 amide bonds. The van der Waals surface area contributed by atoms with Crippen LogP contribution in [-0.2, 0) is 4.79 Å². The monoisotopic (exact) mass is 437 g/mol. The Kier molecular flexibility index (Phi) is 7.56. The first kappa shape index (κ1) is 23.8. The topological polar surface area (TPSA) is 75.9 Å². The molecule has 1 saturated heterocycles. The number of carbonyl (C=O) groups is 2. The predicted octanol–water partition coefficient (Wildman–Crippen LogP) is 3.69. The van der Waals surface area contributed by atoms with Crippen molar-refractivity contribution in [2.45, 2.75) is 46.6 Å². The lowest BCUT2D eigenvalue weighted by atomic mass is 9.97. The van der Waals surface area contributed by atoms with Gasteiger partial charge in [-0.15, -0.1) is 0 Å². The highest BCUT2D eigenvalue weighted by Gasteiger charge is 2.27. The van der Waals surface area contributed by atoms with Gasteiger partial charge in [0.1, 0.15) is 5.75 Å². The number of rotatable bonds is 7. The minimum atomic E-state index is -0.0570. The third-order valence-corrected chi connectivity index (χ3v) is 6.98. The van der Waals surface area contributed by atoms with Crippen LogP contribution in [0, 0.1) is 27.7 Å². The van der Waals surface area contributed by atoms with Gasteiger partial charge in [0.05, 0.1) is 12.2 Å². The fraction of sp³-hybridized carbons (Fsp3) is 0.462. The van der Waals surface area contributed by atoms with E-state index in [1.807, 2.05) is 58.2 Å². The van der Waals surface area contributed by atoms with E-state index in [9.17, 15) is 9.59 Å². The molecule has 0 spiro atoms. The third-order valence-electron chi connectivity index (χ3n) is 6.98. The fourth-order valence-corrected chi connectivity index (χ4v) is 4.32. The van der Waals surface area contributed by atoms with Crippen LogP contribution < -0.4 is 10.5 Å². The van der Waals surface area contributed by atoms with Crippen molar-refractivity contribution in [3.05, 3.63) is 58.1 Å². The Labute approximate surface area is 191 Å². The van der Waals surface area contributed by atoms with Crippen molar-refractivity contribution < 1.29 is 14.3 Å². The summed E-state index contributed by atoms with van der Waals surface area (Å²) in [4.78, 5) is 29.2. The SMILES string of the molecule is Cc1c(C)c(C)c(OCC(=O)N(C)C2CCN(CC(=O)c3ccccc3)CC2)c(N)c1C. The van der Waals surface area contributed by atoms with Gasteiger partial charge in [-0.05, 0) is 62.8 Å². The van der Waals surface area contributed by atoms with Crippen LogP contribution in [0.15, 0.2) is 30.3 Å². The van der Waals surface area contributed by atoms with Crippen molar-refractivity contribution >= 4 is 17.4 Å². The zero-order chi connectivity index (χ0) is 23.4. The van der Waals surface area contributed by atoms with Crippen molar-refractivity contribution in [3.63, 3.8) is 0 Å². The van der Waals surface area contributed by atoms with E-state index in [1.54, 1.807) is 4.90 Å². The van der Waals surface area contributed by atoms with Crippen LogP contribution in [-0.4, -0.2) is 60.8 Å². The minimum Gasteiger partial charge on any atom is -0.481 e. The lowest BCUT2D eigenvalue weighted by Gasteiger charge is -2.36. The summed E-state index contributed by atoms with van der Waals surface area (Å²) in [6.07, 6.45) is 1.68. The molecular weight excluding hydrogens is 402 g/mol. The van der Waals surface area contributed by atoms with Gasteiger partial charge >= 0.3 is 0 Å². The Morgan fingerprint density at radius 3 is 2.22 bits per heavy atom. The summed E-state index contributed by atoms with van der Waals surface area (Å²) in [5.41, 5.74) is 11.9. The number of nitrogens with two attached hydrogens (primary N) is 1. The number of ether oxygens (including phenoxy) is 1. The number of hydrogen-bond acceptors (Lipinski definition) is 5. The molecule has 0 aromatic heterocycles. The predicted molar refractivity (Wildman–Crippen MR) is 128 cm³/mol. The summed E-state index contributed by atoms with van der Waals surface area (Å²) in [6, 6.07) is 9.54. The average Bonchev–Trinajstić information content (AvgIpc) is 2.81. The fourth-order valence-electron chi connectivity index (χ4n) is 4.32. The molecule has 2 N–H and O–H groups in total. The molecule has 0 unspecified atom stereocenters. The van der Waals surface area contributed by atoms with Crippen molar-refractivity contribution in [2.24, 2.45) is 0 Å². The summed E-state index contributed by atoms with van der Waals surface area (Å²) >= 11 is 0. The van der Waals surface area contributed by atoms with E-state index < -0.39 is 0 Å². The van der Waals surface area contributed by atoms with Gasteiger partial charge in [-0.2, -0.15) is 0 Å². The lowest BCUT2D eigenvalue weighted by molar-refractivity contribution is -0.135. The first-order valence-corrected chi connectivity index (χ1v) is 11.3. The zero-order valence-corrected chi connectivity index (χ0v) is 19.9. The van der Waals surface area contributed by atoms with Crippen LogP contribution in [0.2, 0.25) is 0 Å². The smallest absolute Gasteiger partial charge is 0.260 e. The van der Waals surface area contributed by atoms with E-state index in [-0.39, 0.29) is 24.3 Å². The molecule has 1 heterocycles. The quantitative estimate of drug-likeness (QED) is 0.528. The number of Topliss-reactive ketones (excluding diaryl/α,β-unsaturated/α-hetero) is 1. The maximum Gasteiger partial charge on any atom is 0.260 e. The number of piperidine rings is 1. The Hall–Kier alpha value is -2.86. The van der Waals surface area contributed by atoms with Gasteiger partial charge in [-0.25, -0.2) is 0 Å². The number of hydrogen-bond donors (Lipinski definition) is 1. The third kappa shape index (κ3) is 5.13. The number of nitrogen functional groups attached to an aromatic ring is 1. The van der Waals surface area contributed by atoms with Gasteiger partial charge in [0.15, 0.2) is 12.4 Å². The van der Waals surface area contributed by atoms with Gasteiger partial charge in [0.25, 0.3) is 5.91 Å². The molecule has 172 valence electrons. The molecule has 0 radical (unpaired) electrons. The molecule has 2 aromatic rings. The lowest BCUT2D eigenvalue weighted by Crippen LogP contribution is -2.47. The molecule has 3 rings (SSSR count). The minimum absolute atomic E-state index is 0.0316.